The quantitative estimate of drug-likeness (QED) is 0.516. The van der Waals surface area contributed by atoms with E-state index >= 15 is 0 Å². The minimum absolute atomic E-state index is 0.120. The highest BCUT2D eigenvalue weighted by Crippen LogP contribution is 2.53. The Labute approximate surface area is 161 Å². The maximum atomic E-state index is 14.3. The fourth-order valence-electron chi connectivity index (χ4n) is 2.69. The number of benzene rings is 2. The molecule has 0 aliphatic heterocycles. The smallest absolute Gasteiger partial charge is 0.399 e. The molecule has 0 aliphatic rings. The van der Waals surface area contributed by atoms with Gasteiger partial charge in [0.25, 0.3) is 10.0 Å². The minimum Gasteiger partial charge on any atom is -0.399 e. The lowest BCUT2D eigenvalue weighted by Gasteiger charge is -2.31. The van der Waals surface area contributed by atoms with Crippen LogP contribution in [0.5, 0.6) is 0 Å². The Morgan fingerprint density at radius 1 is 0.862 bits per heavy atom. The van der Waals surface area contributed by atoms with Crippen molar-refractivity contribution in [2.45, 2.75) is 36.8 Å². The molecule has 2 rings (SSSR count). The van der Waals surface area contributed by atoms with Crippen LogP contribution in [0.4, 0.5) is 42.1 Å². The Bertz CT molecular complexity index is 994. The number of anilines is 2. The largest absolute Gasteiger partial charge is 0.435 e. The molecule has 0 radical (unpaired) electrons. The average molecular weight is 444 g/mol. The van der Waals surface area contributed by atoms with Crippen molar-refractivity contribution < 1.29 is 39.2 Å². The Morgan fingerprint density at radius 3 is 1.76 bits per heavy atom. The van der Waals surface area contributed by atoms with Gasteiger partial charge in [-0.25, -0.2) is 12.8 Å². The molecule has 0 saturated heterocycles. The fourth-order valence-corrected chi connectivity index (χ4v) is 3.94. The van der Waals surface area contributed by atoms with E-state index in [1.54, 1.807) is 0 Å². The van der Waals surface area contributed by atoms with Crippen molar-refractivity contribution in [3.05, 3.63) is 53.1 Å². The average Bonchev–Trinajstić information content (AvgIpc) is 2.55. The van der Waals surface area contributed by atoms with Crippen LogP contribution in [0.1, 0.15) is 16.7 Å². The van der Waals surface area contributed by atoms with Gasteiger partial charge in [-0.1, -0.05) is 18.2 Å². The number of nitrogens with one attached hydrogen (secondary N) is 1. The summed E-state index contributed by atoms with van der Waals surface area (Å²) in [6, 6.07) is 5.69. The molecular formula is C17H15F7N2O2S. The van der Waals surface area contributed by atoms with E-state index in [1.165, 1.54) is 18.2 Å². The normalized spacial score (nSPS) is 13.4. The predicted molar refractivity (Wildman–Crippen MR) is 92.5 cm³/mol. The summed E-state index contributed by atoms with van der Waals surface area (Å²) >= 11 is 0. The van der Waals surface area contributed by atoms with Crippen molar-refractivity contribution in [3.8, 4) is 0 Å². The third-order valence-electron chi connectivity index (χ3n) is 4.12. The summed E-state index contributed by atoms with van der Waals surface area (Å²) in [5.41, 5.74) is -2.61. The second-order valence-electron chi connectivity index (χ2n) is 6.32. The minimum atomic E-state index is -6.27. The second kappa shape index (κ2) is 7.08. The number of nitrogen functional groups attached to an aromatic ring is 1. The number of hydrogen-bond donors (Lipinski definition) is 2. The maximum absolute atomic E-state index is 14.3. The summed E-state index contributed by atoms with van der Waals surface area (Å²) in [5.74, 6) is 0. The van der Waals surface area contributed by atoms with E-state index < -0.39 is 33.6 Å². The van der Waals surface area contributed by atoms with Crippen molar-refractivity contribution in [2.24, 2.45) is 0 Å². The van der Waals surface area contributed by atoms with Gasteiger partial charge in [-0.15, -0.1) is 0 Å². The number of halogens is 7. The van der Waals surface area contributed by atoms with Gasteiger partial charge in [0.2, 0.25) is 0 Å². The van der Waals surface area contributed by atoms with Gasteiger partial charge in [0.05, 0.1) is 10.6 Å². The second-order valence-corrected chi connectivity index (χ2v) is 8.00. The first-order valence-electron chi connectivity index (χ1n) is 7.83. The highest BCUT2D eigenvalue weighted by Gasteiger charge is 2.73. The molecule has 0 aliphatic carbocycles. The molecule has 12 heteroatoms. The molecular weight excluding hydrogens is 429 g/mol. The molecule has 0 spiro atoms. The van der Waals surface area contributed by atoms with E-state index in [-0.39, 0.29) is 27.4 Å². The first-order chi connectivity index (χ1) is 13.0. The van der Waals surface area contributed by atoms with Crippen molar-refractivity contribution in [1.82, 2.24) is 0 Å². The van der Waals surface area contributed by atoms with E-state index in [0.717, 1.165) is 19.9 Å². The highest BCUT2D eigenvalue weighted by molar-refractivity contribution is 7.92. The monoisotopic (exact) mass is 444 g/mol. The highest BCUT2D eigenvalue weighted by atomic mass is 32.2. The van der Waals surface area contributed by atoms with Crippen LogP contribution in [0.15, 0.2) is 41.3 Å². The van der Waals surface area contributed by atoms with Crippen molar-refractivity contribution in [1.29, 1.82) is 0 Å². The Hall–Kier alpha value is -2.50. The number of aryl methyl sites for hydroxylation is 2. The maximum Gasteiger partial charge on any atom is 0.435 e. The third kappa shape index (κ3) is 4.11. The van der Waals surface area contributed by atoms with Crippen LogP contribution in [0.3, 0.4) is 0 Å². The number of sulfonamides is 1. The molecule has 0 heterocycles. The summed E-state index contributed by atoms with van der Waals surface area (Å²) in [6.45, 7) is 2.11. The van der Waals surface area contributed by atoms with Crippen molar-refractivity contribution in [2.75, 3.05) is 10.5 Å². The zero-order valence-electron chi connectivity index (χ0n) is 14.9. The van der Waals surface area contributed by atoms with Crippen molar-refractivity contribution >= 4 is 21.4 Å². The van der Waals surface area contributed by atoms with Crippen LogP contribution in [-0.2, 0) is 15.7 Å². The van der Waals surface area contributed by atoms with Crippen LogP contribution in [0, 0.1) is 13.8 Å². The molecule has 29 heavy (non-hydrogen) atoms. The topological polar surface area (TPSA) is 72.2 Å². The molecule has 0 saturated carbocycles. The summed E-state index contributed by atoms with van der Waals surface area (Å²) < 4.78 is 119. The van der Waals surface area contributed by atoms with E-state index in [1.807, 2.05) is 0 Å². The Kier molecular flexibility index (Phi) is 5.56. The van der Waals surface area contributed by atoms with Crippen LogP contribution < -0.4 is 10.5 Å². The molecule has 3 N–H and O–H groups in total. The summed E-state index contributed by atoms with van der Waals surface area (Å²) in [6.07, 6.45) is -12.5. The van der Waals surface area contributed by atoms with Gasteiger partial charge in [0, 0.05) is 11.3 Å². The summed E-state index contributed by atoms with van der Waals surface area (Å²) in [7, 11) is -4.25. The lowest BCUT2D eigenvalue weighted by molar-refractivity contribution is -0.348. The lowest BCUT2D eigenvalue weighted by Crippen LogP contribution is -2.50. The first kappa shape index (κ1) is 22.8. The van der Waals surface area contributed by atoms with E-state index in [2.05, 4.69) is 4.72 Å². The number of alkyl halides is 7. The number of rotatable bonds is 4. The van der Waals surface area contributed by atoms with Gasteiger partial charge in [-0.3, -0.25) is 4.72 Å². The summed E-state index contributed by atoms with van der Waals surface area (Å²) in [5, 5.41) is 0. The molecule has 160 valence electrons. The fraction of sp³-hybridized carbons (Fsp3) is 0.294. The standard InChI is InChI=1S/C17H15F7N2O2S/c1-9-6-11(15(18,16(19,20)21)17(22,23)24)7-10(2)14(9)26-29(27,28)13-5-3-4-12(25)8-13/h3-8,26H,25H2,1-2H3. The molecule has 2 aromatic rings. The number of nitrogens with two attached hydrogens (primary N) is 1. The van der Waals surface area contributed by atoms with E-state index in [9.17, 15) is 39.2 Å². The lowest BCUT2D eigenvalue weighted by atomic mass is 9.90. The zero-order valence-corrected chi connectivity index (χ0v) is 15.7. The Balaban J connectivity index is 2.57. The van der Waals surface area contributed by atoms with Gasteiger partial charge >= 0.3 is 18.0 Å². The van der Waals surface area contributed by atoms with Crippen LogP contribution in [-0.4, -0.2) is 20.8 Å². The van der Waals surface area contributed by atoms with Gasteiger partial charge in [0.1, 0.15) is 0 Å². The van der Waals surface area contributed by atoms with Gasteiger partial charge in [-0.05, 0) is 43.2 Å². The van der Waals surface area contributed by atoms with Crippen LogP contribution >= 0.6 is 0 Å². The third-order valence-corrected chi connectivity index (χ3v) is 5.46. The first-order valence-corrected chi connectivity index (χ1v) is 9.31. The molecule has 2 aromatic carbocycles. The molecule has 0 atom stereocenters. The number of hydrogen-bond acceptors (Lipinski definition) is 3. The van der Waals surface area contributed by atoms with Gasteiger partial charge in [-0.2, -0.15) is 26.3 Å². The Morgan fingerprint density at radius 2 is 1.34 bits per heavy atom. The van der Waals surface area contributed by atoms with Gasteiger partial charge < -0.3 is 5.73 Å². The molecule has 4 nitrogen and oxygen atoms in total. The van der Waals surface area contributed by atoms with Gasteiger partial charge in [0.15, 0.2) is 0 Å². The SMILES string of the molecule is Cc1cc(C(F)(C(F)(F)F)C(F)(F)F)cc(C)c1NS(=O)(=O)c1cccc(N)c1. The zero-order chi connectivity index (χ0) is 22.4. The van der Waals surface area contributed by atoms with E-state index in [0.29, 0.717) is 12.1 Å². The molecule has 0 amide bonds. The molecule has 0 unspecified atom stereocenters. The molecule has 0 fully saturated rings. The molecule has 0 aromatic heterocycles. The summed E-state index contributed by atoms with van der Waals surface area (Å²) in [4.78, 5) is -0.272. The van der Waals surface area contributed by atoms with Crippen LogP contribution in [0.2, 0.25) is 0 Å². The predicted octanol–water partition coefficient (Wildman–Crippen LogP) is 4.98. The van der Waals surface area contributed by atoms with Crippen LogP contribution in [0.25, 0.3) is 0 Å². The molecule has 0 bridgehead atoms. The van der Waals surface area contributed by atoms with E-state index in [4.69, 9.17) is 5.73 Å². The van der Waals surface area contributed by atoms with Crippen molar-refractivity contribution in [3.63, 3.8) is 0 Å².